The Morgan fingerprint density at radius 2 is 1.71 bits per heavy atom. The normalized spacial score (nSPS) is 10.5. The molecule has 0 heterocycles. The van der Waals surface area contributed by atoms with Crippen molar-refractivity contribution in [2.75, 3.05) is 13.1 Å². The quantitative estimate of drug-likeness (QED) is 0.571. The molecule has 82 valence electrons. The van der Waals surface area contributed by atoms with Crippen LogP contribution < -0.4 is 16.4 Å². The van der Waals surface area contributed by atoms with Gasteiger partial charge in [0.1, 0.15) is 5.60 Å². The van der Waals surface area contributed by atoms with Crippen LogP contribution in [-0.4, -0.2) is 30.8 Å². The number of ether oxygens (including phenoxy) is 1. The van der Waals surface area contributed by atoms with Gasteiger partial charge in [0.25, 0.3) is 0 Å². The molecule has 0 fully saturated rings. The summed E-state index contributed by atoms with van der Waals surface area (Å²) < 4.78 is 4.95. The summed E-state index contributed by atoms with van der Waals surface area (Å²) in [7, 11) is 0. The molecule has 0 aromatic carbocycles. The lowest BCUT2D eigenvalue weighted by atomic mass is 10.2. The van der Waals surface area contributed by atoms with Crippen molar-refractivity contribution in [2.45, 2.75) is 26.4 Å². The van der Waals surface area contributed by atoms with Crippen LogP contribution in [0, 0.1) is 0 Å². The number of primary amides is 1. The van der Waals surface area contributed by atoms with Crippen LogP contribution in [-0.2, 0) is 4.74 Å². The SMILES string of the molecule is CC(C)(C)OC(=O)NCCNC(N)=O. The molecule has 0 atom stereocenters. The molecule has 6 nitrogen and oxygen atoms in total. The van der Waals surface area contributed by atoms with Gasteiger partial charge in [0, 0.05) is 13.1 Å². The van der Waals surface area contributed by atoms with Gasteiger partial charge >= 0.3 is 12.1 Å². The molecule has 14 heavy (non-hydrogen) atoms. The molecule has 0 aliphatic heterocycles. The van der Waals surface area contributed by atoms with E-state index < -0.39 is 17.7 Å². The predicted octanol–water partition coefficient (Wildman–Crippen LogP) is 0.179. The van der Waals surface area contributed by atoms with Gasteiger partial charge in [-0.25, -0.2) is 9.59 Å². The van der Waals surface area contributed by atoms with Crippen molar-refractivity contribution in [1.82, 2.24) is 10.6 Å². The first-order valence-electron chi connectivity index (χ1n) is 4.31. The summed E-state index contributed by atoms with van der Waals surface area (Å²) in [5, 5.41) is 4.80. The van der Waals surface area contributed by atoms with Crippen LogP contribution in [0.1, 0.15) is 20.8 Å². The van der Waals surface area contributed by atoms with Gasteiger partial charge in [-0.3, -0.25) is 0 Å². The predicted molar refractivity (Wildman–Crippen MR) is 51.8 cm³/mol. The molecule has 3 amide bonds. The highest BCUT2D eigenvalue weighted by atomic mass is 16.6. The van der Waals surface area contributed by atoms with Gasteiger partial charge in [-0.05, 0) is 20.8 Å². The molecular formula is C8H17N3O3. The molecule has 0 rings (SSSR count). The lowest BCUT2D eigenvalue weighted by molar-refractivity contribution is 0.0528. The van der Waals surface area contributed by atoms with Crippen LogP contribution in [0.3, 0.4) is 0 Å². The summed E-state index contributed by atoms with van der Waals surface area (Å²) in [5.41, 5.74) is 4.30. The van der Waals surface area contributed by atoms with Crippen molar-refractivity contribution in [3.8, 4) is 0 Å². The Balaban J connectivity index is 3.50. The molecule has 0 bridgehead atoms. The Kier molecular flexibility index (Phi) is 4.76. The number of alkyl carbamates (subject to hydrolysis) is 1. The van der Waals surface area contributed by atoms with Gasteiger partial charge < -0.3 is 21.1 Å². The number of urea groups is 1. The van der Waals surface area contributed by atoms with Crippen LogP contribution in [0.15, 0.2) is 0 Å². The summed E-state index contributed by atoms with van der Waals surface area (Å²) >= 11 is 0. The van der Waals surface area contributed by atoms with Crippen molar-refractivity contribution in [3.63, 3.8) is 0 Å². The fourth-order valence-electron chi connectivity index (χ4n) is 0.664. The van der Waals surface area contributed by atoms with Crippen molar-refractivity contribution in [1.29, 1.82) is 0 Å². The molecule has 0 radical (unpaired) electrons. The summed E-state index contributed by atoms with van der Waals surface area (Å²) in [6.45, 7) is 5.89. The Morgan fingerprint density at radius 3 is 2.14 bits per heavy atom. The zero-order valence-corrected chi connectivity index (χ0v) is 8.72. The van der Waals surface area contributed by atoms with Crippen LogP contribution in [0.25, 0.3) is 0 Å². The first-order chi connectivity index (χ1) is 6.31. The minimum atomic E-state index is -0.615. The van der Waals surface area contributed by atoms with E-state index in [2.05, 4.69) is 10.6 Å². The maximum Gasteiger partial charge on any atom is 0.407 e. The number of carbonyl (C=O) groups is 2. The second-order valence-electron chi connectivity index (χ2n) is 3.72. The van der Waals surface area contributed by atoms with E-state index in [1.165, 1.54) is 0 Å². The molecule has 0 saturated carbocycles. The maximum atomic E-state index is 11.0. The number of hydrogen-bond acceptors (Lipinski definition) is 3. The molecule has 4 N–H and O–H groups in total. The molecule has 0 unspecified atom stereocenters. The Hall–Kier alpha value is -1.46. The van der Waals surface area contributed by atoms with Crippen molar-refractivity contribution in [3.05, 3.63) is 0 Å². The third kappa shape index (κ3) is 8.63. The fourth-order valence-corrected chi connectivity index (χ4v) is 0.664. The molecule has 0 aliphatic rings. The molecule has 0 aliphatic carbocycles. The lowest BCUT2D eigenvalue weighted by Gasteiger charge is -2.19. The zero-order chi connectivity index (χ0) is 11.2. The number of carbonyl (C=O) groups excluding carboxylic acids is 2. The number of amides is 3. The van der Waals surface area contributed by atoms with Gasteiger partial charge in [-0.1, -0.05) is 0 Å². The standard InChI is InChI=1S/C8H17N3O3/c1-8(2,3)14-7(13)11-5-4-10-6(9)12/h4-5H2,1-3H3,(H,11,13)(H3,9,10,12). The van der Waals surface area contributed by atoms with Gasteiger partial charge in [0.15, 0.2) is 0 Å². The first kappa shape index (κ1) is 12.5. The number of nitrogens with one attached hydrogen (secondary N) is 2. The summed E-state index contributed by atoms with van der Waals surface area (Å²) in [6.07, 6.45) is -0.510. The van der Waals surface area contributed by atoms with E-state index in [4.69, 9.17) is 10.5 Å². The van der Waals surface area contributed by atoms with Crippen LogP contribution >= 0.6 is 0 Å². The van der Waals surface area contributed by atoms with E-state index in [9.17, 15) is 9.59 Å². The van der Waals surface area contributed by atoms with Crippen LogP contribution in [0.2, 0.25) is 0 Å². The van der Waals surface area contributed by atoms with Crippen molar-refractivity contribution < 1.29 is 14.3 Å². The zero-order valence-electron chi connectivity index (χ0n) is 8.72. The minimum Gasteiger partial charge on any atom is -0.444 e. The van der Waals surface area contributed by atoms with Gasteiger partial charge in [0.2, 0.25) is 0 Å². The summed E-state index contributed by atoms with van der Waals surface area (Å²) in [6, 6.07) is -0.615. The van der Waals surface area contributed by atoms with Gasteiger partial charge in [0.05, 0.1) is 0 Å². The second kappa shape index (κ2) is 5.31. The molecule has 0 aromatic rings. The molecule has 0 spiro atoms. The average molecular weight is 203 g/mol. The topological polar surface area (TPSA) is 93.4 Å². The molecular weight excluding hydrogens is 186 g/mol. The highest BCUT2D eigenvalue weighted by Crippen LogP contribution is 2.05. The third-order valence-electron chi connectivity index (χ3n) is 1.09. The minimum absolute atomic E-state index is 0.286. The van der Waals surface area contributed by atoms with E-state index in [1.807, 2.05) is 0 Å². The number of nitrogens with two attached hydrogens (primary N) is 1. The Bertz CT molecular complexity index is 210. The molecule has 0 saturated heterocycles. The summed E-state index contributed by atoms with van der Waals surface area (Å²) in [5.74, 6) is 0. The van der Waals surface area contributed by atoms with E-state index in [0.717, 1.165) is 0 Å². The Labute approximate surface area is 83.2 Å². The van der Waals surface area contributed by atoms with E-state index >= 15 is 0 Å². The van der Waals surface area contributed by atoms with Gasteiger partial charge in [-0.2, -0.15) is 0 Å². The van der Waals surface area contributed by atoms with Crippen LogP contribution in [0.4, 0.5) is 9.59 Å². The fraction of sp³-hybridized carbons (Fsp3) is 0.750. The van der Waals surface area contributed by atoms with E-state index in [0.29, 0.717) is 0 Å². The Morgan fingerprint density at radius 1 is 1.21 bits per heavy atom. The second-order valence-corrected chi connectivity index (χ2v) is 3.72. The van der Waals surface area contributed by atoms with Crippen molar-refractivity contribution in [2.24, 2.45) is 5.73 Å². The van der Waals surface area contributed by atoms with E-state index in [-0.39, 0.29) is 13.1 Å². The number of hydrogen-bond donors (Lipinski definition) is 3. The monoisotopic (exact) mass is 203 g/mol. The highest BCUT2D eigenvalue weighted by Gasteiger charge is 2.15. The van der Waals surface area contributed by atoms with Gasteiger partial charge in [-0.15, -0.1) is 0 Å². The maximum absolute atomic E-state index is 11.0. The van der Waals surface area contributed by atoms with Crippen LogP contribution in [0.5, 0.6) is 0 Å². The van der Waals surface area contributed by atoms with E-state index in [1.54, 1.807) is 20.8 Å². The largest absolute Gasteiger partial charge is 0.444 e. The number of rotatable bonds is 3. The molecule has 0 aromatic heterocycles. The smallest absolute Gasteiger partial charge is 0.407 e. The lowest BCUT2D eigenvalue weighted by Crippen LogP contribution is -2.39. The third-order valence-corrected chi connectivity index (χ3v) is 1.09. The summed E-state index contributed by atoms with van der Waals surface area (Å²) in [4.78, 5) is 21.3. The first-order valence-corrected chi connectivity index (χ1v) is 4.31. The highest BCUT2D eigenvalue weighted by molar-refractivity contribution is 5.71. The molecule has 6 heteroatoms. The van der Waals surface area contributed by atoms with Crippen molar-refractivity contribution >= 4 is 12.1 Å². The average Bonchev–Trinajstić information content (AvgIpc) is 1.94.